The van der Waals surface area contributed by atoms with Crippen LogP contribution in [-0.4, -0.2) is 17.6 Å². The van der Waals surface area contributed by atoms with Gasteiger partial charge in [0, 0.05) is 17.7 Å². The van der Waals surface area contributed by atoms with Gasteiger partial charge in [-0.1, -0.05) is 60.7 Å². The number of ether oxygens (including phenoxy) is 1. The van der Waals surface area contributed by atoms with E-state index < -0.39 is 5.97 Å². The van der Waals surface area contributed by atoms with Crippen LogP contribution >= 0.6 is 15.9 Å². The molecule has 5 heteroatoms. The Kier molecular flexibility index (Phi) is 6.00. The number of hydrogen-bond donors (Lipinski definition) is 0. The predicted molar refractivity (Wildman–Crippen MR) is 120 cm³/mol. The number of hydrogen-bond acceptors (Lipinski definition) is 3. The second-order valence-electron chi connectivity index (χ2n) is 6.64. The summed E-state index contributed by atoms with van der Waals surface area (Å²) in [7, 11) is 0. The summed E-state index contributed by atoms with van der Waals surface area (Å²) < 4.78 is 8.12. The van der Waals surface area contributed by atoms with Crippen LogP contribution in [0.25, 0.3) is 28.2 Å². The number of carbonyl (C=O) groups is 1. The molecule has 30 heavy (non-hydrogen) atoms. The van der Waals surface area contributed by atoms with Crippen molar-refractivity contribution in [1.29, 1.82) is 0 Å². The molecule has 0 aliphatic heterocycles. The summed E-state index contributed by atoms with van der Waals surface area (Å²) in [6.07, 6.45) is 1.72. The van der Waals surface area contributed by atoms with Crippen molar-refractivity contribution in [2.45, 2.75) is 6.92 Å². The molecule has 0 amide bonds. The first-order valence-corrected chi connectivity index (χ1v) is 10.5. The van der Waals surface area contributed by atoms with Crippen molar-refractivity contribution in [3.63, 3.8) is 0 Å². The lowest BCUT2D eigenvalue weighted by atomic mass is 10.0. The molecule has 0 aliphatic rings. The lowest BCUT2D eigenvalue weighted by Gasteiger charge is -2.13. The summed E-state index contributed by atoms with van der Waals surface area (Å²) in [6.45, 7) is 2.10. The monoisotopic (exact) mass is 459 g/mol. The first kappa shape index (κ1) is 20.0. The summed E-state index contributed by atoms with van der Waals surface area (Å²) in [5.74, 6) is 0.247. The maximum Gasteiger partial charge on any atom is 0.378 e. The van der Waals surface area contributed by atoms with E-state index in [-0.39, 0.29) is 0 Å². The number of pyridine rings is 2. The zero-order valence-corrected chi connectivity index (χ0v) is 18.0. The van der Waals surface area contributed by atoms with Gasteiger partial charge in [-0.2, -0.15) is 4.57 Å². The number of esters is 1. The highest BCUT2D eigenvalue weighted by Gasteiger charge is 2.26. The van der Waals surface area contributed by atoms with Crippen LogP contribution in [-0.2, 0) is 4.74 Å². The standard InChI is InChI=1S/C25H20BrN2O2/c1-2-30-25(29)23-16-20(18-9-5-3-6-10-18)15-22(19-11-7-4-8-12-19)28(23)24-14-13-21(26)17-27-24/h3-17H,2H2,1H3/q+1. The van der Waals surface area contributed by atoms with E-state index in [1.807, 2.05) is 83.4 Å². The van der Waals surface area contributed by atoms with Crippen LogP contribution in [0.3, 0.4) is 0 Å². The summed E-state index contributed by atoms with van der Waals surface area (Å²) in [4.78, 5) is 17.5. The minimum absolute atomic E-state index is 0.294. The van der Waals surface area contributed by atoms with Crippen molar-refractivity contribution in [3.05, 3.63) is 101 Å². The van der Waals surface area contributed by atoms with E-state index in [2.05, 4.69) is 27.0 Å². The fourth-order valence-corrected chi connectivity index (χ4v) is 3.55. The van der Waals surface area contributed by atoms with Gasteiger partial charge in [-0.05, 0) is 51.1 Å². The molecule has 0 aliphatic carbocycles. The van der Waals surface area contributed by atoms with Crippen LogP contribution in [0.4, 0.5) is 0 Å². The summed E-state index contributed by atoms with van der Waals surface area (Å²) >= 11 is 3.43. The minimum Gasteiger partial charge on any atom is -0.460 e. The molecule has 0 fully saturated rings. The van der Waals surface area contributed by atoms with Crippen molar-refractivity contribution in [2.75, 3.05) is 6.61 Å². The normalized spacial score (nSPS) is 10.6. The third-order valence-electron chi connectivity index (χ3n) is 4.67. The van der Waals surface area contributed by atoms with Crippen molar-refractivity contribution < 1.29 is 14.1 Å². The Balaban J connectivity index is 2.04. The lowest BCUT2D eigenvalue weighted by molar-refractivity contribution is -0.591. The molecule has 2 aromatic carbocycles. The van der Waals surface area contributed by atoms with E-state index in [1.54, 1.807) is 13.1 Å². The molecule has 0 spiro atoms. The summed E-state index contributed by atoms with van der Waals surface area (Å²) in [5.41, 5.74) is 4.22. The second-order valence-corrected chi connectivity index (χ2v) is 7.55. The average Bonchev–Trinajstić information content (AvgIpc) is 2.80. The third-order valence-corrected chi connectivity index (χ3v) is 5.14. The first-order valence-electron chi connectivity index (χ1n) is 9.67. The minimum atomic E-state index is -0.391. The molecule has 0 N–H and O–H groups in total. The Bertz CT molecular complexity index is 1160. The zero-order chi connectivity index (χ0) is 20.9. The van der Waals surface area contributed by atoms with Crippen LogP contribution < -0.4 is 4.57 Å². The molecular weight excluding hydrogens is 440 g/mol. The van der Waals surface area contributed by atoms with Crippen LogP contribution in [0.1, 0.15) is 17.4 Å². The van der Waals surface area contributed by atoms with Crippen molar-refractivity contribution >= 4 is 21.9 Å². The summed E-state index contributed by atoms with van der Waals surface area (Å²) in [6, 6.07) is 27.7. The molecule has 4 aromatic rings. The largest absolute Gasteiger partial charge is 0.460 e. The van der Waals surface area contributed by atoms with E-state index >= 15 is 0 Å². The topological polar surface area (TPSA) is 43.1 Å². The van der Waals surface area contributed by atoms with E-state index in [1.165, 1.54) is 0 Å². The van der Waals surface area contributed by atoms with Gasteiger partial charge in [0.05, 0.1) is 11.1 Å². The van der Waals surface area contributed by atoms with Crippen molar-refractivity contribution in [2.24, 2.45) is 0 Å². The van der Waals surface area contributed by atoms with Crippen molar-refractivity contribution in [3.8, 4) is 28.2 Å². The van der Waals surface area contributed by atoms with E-state index in [0.717, 1.165) is 26.9 Å². The highest BCUT2D eigenvalue weighted by atomic mass is 79.9. The van der Waals surface area contributed by atoms with E-state index in [9.17, 15) is 4.79 Å². The smallest absolute Gasteiger partial charge is 0.378 e. The van der Waals surface area contributed by atoms with Crippen LogP contribution in [0.2, 0.25) is 0 Å². The fraction of sp³-hybridized carbons (Fsp3) is 0.0800. The predicted octanol–water partition coefficient (Wildman–Crippen LogP) is 5.63. The van der Waals surface area contributed by atoms with Crippen LogP contribution in [0.15, 0.2) is 95.6 Å². The lowest BCUT2D eigenvalue weighted by Crippen LogP contribution is -2.42. The maximum absolute atomic E-state index is 13.0. The maximum atomic E-state index is 13.0. The molecule has 4 nitrogen and oxygen atoms in total. The van der Waals surface area contributed by atoms with Gasteiger partial charge in [0.1, 0.15) is 5.69 Å². The Labute approximate surface area is 183 Å². The molecule has 0 unspecified atom stereocenters. The Morgan fingerprint density at radius 1 is 0.900 bits per heavy atom. The Hall–Kier alpha value is -3.31. The van der Waals surface area contributed by atoms with Gasteiger partial charge in [0.25, 0.3) is 0 Å². The molecule has 0 saturated carbocycles. The van der Waals surface area contributed by atoms with Crippen LogP contribution in [0.5, 0.6) is 0 Å². The van der Waals surface area contributed by atoms with Crippen molar-refractivity contribution in [1.82, 2.24) is 4.98 Å². The fourth-order valence-electron chi connectivity index (χ4n) is 3.32. The van der Waals surface area contributed by atoms with Gasteiger partial charge >= 0.3 is 11.8 Å². The number of carbonyl (C=O) groups excluding carboxylic acids is 1. The second kappa shape index (κ2) is 9.01. The molecular formula is C25H20BrN2O2+. The van der Waals surface area contributed by atoms with Gasteiger partial charge in [-0.25, -0.2) is 4.79 Å². The molecule has 4 rings (SSSR count). The average molecular weight is 460 g/mol. The number of nitrogens with zero attached hydrogens (tertiary/aromatic N) is 2. The quantitative estimate of drug-likeness (QED) is 0.286. The van der Waals surface area contributed by atoms with E-state index in [0.29, 0.717) is 18.1 Å². The van der Waals surface area contributed by atoms with Gasteiger partial charge in [0.2, 0.25) is 5.69 Å². The molecule has 2 aromatic heterocycles. The third kappa shape index (κ3) is 4.16. The van der Waals surface area contributed by atoms with Gasteiger partial charge < -0.3 is 4.74 Å². The highest BCUT2D eigenvalue weighted by Crippen LogP contribution is 2.26. The van der Waals surface area contributed by atoms with Gasteiger partial charge in [0.15, 0.2) is 6.20 Å². The zero-order valence-electron chi connectivity index (χ0n) is 16.5. The molecule has 0 bridgehead atoms. The Morgan fingerprint density at radius 3 is 2.17 bits per heavy atom. The number of aromatic nitrogens is 2. The van der Waals surface area contributed by atoms with E-state index in [4.69, 9.17) is 4.74 Å². The number of benzene rings is 2. The summed E-state index contributed by atoms with van der Waals surface area (Å²) in [5, 5.41) is 0. The van der Waals surface area contributed by atoms with Gasteiger partial charge in [-0.15, -0.1) is 0 Å². The van der Waals surface area contributed by atoms with Crippen LogP contribution in [0, 0.1) is 0 Å². The number of rotatable bonds is 5. The molecule has 2 heterocycles. The molecule has 148 valence electrons. The Morgan fingerprint density at radius 2 is 1.57 bits per heavy atom. The first-order chi connectivity index (χ1) is 14.7. The molecule has 0 atom stereocenters. The molecule has 0 saturated heterocycles. The van der Waals surface area contributed by atoms with Gasteiger partial charge in [-0.3, -0.25) is 0 Å². The highest BCUT2D eigenvalue weighted by molar-refractivity contribution is 9.10. The number of halogens is 1. The SMILES string of the molecule is CCOC(=O)c1cc(-c2ccccc2)cc(-c2ccccc2)[n+]1-c1ccc(Br)cn1. The molecule has 0 radical (unpaired) electrons.